The minimum Gasteiger partial charge on any atom is -0.337 e. The van der Waals surface area contributed by atoms with Gasteiger partial charge in [0.2, 0.25) is 5.91 Å². The summed E-state index contributed by atoms with van der Waals surface area (Å²) in [6.07, 6.45) is 7.24. The van der Waals surface area contributed by atoms with E-state index in [1.165, 1.54) is 25.7 Å². The fraction of sp³-hybridized carbons (Fsp3) is 0.923. The van der Waals surface area contributed by atoms with Gasteiger partial charge in [-0.05, 0) is 31.1 Å². The summed E-state index contributed by atoms with van der Waals surface area (Å²) in [5.74, 6) is 0.189. The van der Waals surface area contributed by atoms with Crippen LogP contribution in [0, 0.1) is 5.41 Å². The van der Waals surface area contributed by atoms with Crippen molar-refractivity contribution in [3.05, 3.63) is 0 Å². The second-order valence-electron chi connectivity index (χ2n) is 6.43. The summed E-state index contributed by atoms with van der Waals surface area (Å²) in [7, 11) is 0. The Bertz CT molecular complexity index is 272. The molecular formula is C13H24N2O. The molecule has 0 radical (unpaired) electrons. The third kappa shape index (κ3) is 2.24. The quantitative estimate of drug-likeness (QED) is 0.662. The third-order valence-corrected chi connectivity index (χ3v) is 3.87. The van der Waals surface area contributed by atoms with Gasteiger partial charge in [-0.1, -0.05) is 33.6 Å². The van der Waals surface area contributed by atoms with E-state index in [2.05, 4.69) is 31.4 Å². The zero-order valence-electron chi connectivity index (χ0n) is 10.7. The Morgan fingerprint density at radius 3 is 2.12 bits per heavy atom. The van der Waals surface area contributed by atoms with E-state index in [4.69, 9.17) is 0 Å². The van der Waals surface area contributed by atoms with Crippen molar-refractivity contribution < 1.29 is 4.79 Å². The first kappa shape index (κ1) is 11.9. The molecule has 0 aromatic heterocycles. The molecule has 1 atom stereocenters. The SMILES string of the molecule is CC(C)(C)C1NC2(CCCCCC2)NC1=O. The maximum absolute atomic E-state index is 12.0. The van der Waals surface area contributed by atoms with Crippen LogP contribution in [-0.2, 0) is 4.79 Å². The number of nitrogens with one attached hydrogen (secondary N) is 2. The summed E-state index contributed by atoms with van der Waals surface area (Å²) >= 11 is 0. The van der Waals surface area contributed by atoms with E-state index < -0.39 is 0 Å². The second-order valence-corrected chi connectivity index (χ2v) is 6.43. The molecule has 2 fully saturated rings. The van der Waals surface area contributed by atoms with E-state index in [9.17, 15) is 4.79 Å². The molecule has 2 N–H and O–H groups in total. The second kappa shape index (κ2) is 4.02. The van der Waals surface area contributed by atoms with Crippen LogP contribution in [0.15, 0.2) is 0 Å². The number of rotatable bonds is 0. The van der Waals surface area contributed by atoms with Gasteiger partial charge in [-0.3, -0.25) is 10.1 Å². The molecule has 1 spiro atoms. The number of carbonyl (C=O) groups is 1. The minimum atomic E-state index is -0.0917. The summed E-state index contributed by atoms with van der Waals surface area (Å²) in [5.41, 5.74) is -0.0918. The molecule has 3 heteroatoms. The first-order valence-electron chi connectivity index (χ1n) is 6.53. The van der Waals surface area contributed by atoms with Gasteiger partial charge in [0.05, 0.1) is 11.7 Å². The standard InChI is InChI=1S/C13H24N2O/c1-12(2,3)10-11(16)15-13(14-10)8-6-4-5-7-9-13/h10,14H,4-9H2,1-3H3,(H,15,16). The first-order valence-corrected chi connectivity index (χ1v) is 6.53. The monoisotopic (exact) mass is 224 g/mol. The largest absolute Gasteiger partial charge is 0.337 e. The highest BCUT2D eigenvalue weighted by molar-refractivity contribution is 5.85. The molecule has 1 heterocycles. The van der Waals surface area contributed by atoms with Crippen LogP contribution in [0.3, 0.4) is 0 Å². The van der Waals surface area contributed by atoms with Crippen LogP contribution in [0.2, 0.25) is 0 Å². The van der Waals surface area contributed by atoms with Crippen LogP contribution in [0.4, 0.5) is 0 Å². The predicted octanol–water partition coefficient (Wildman–Crippen LogP) is 2.17. The zero-order chi connectivity index (χ0) is 11.8. The molecule has 1 amide bonds. The highest BCUT2D eigenvalue weighted by atomic mass is 16.2. The Morgan fingerprint density at radius 2 is 1.69 bits per heavy atom. The lowest BCUT2D eigenvalue weighted by molar-refractivity contribution is -0.122. The summed E-state index contributed by atoms with van der Waals surface area (Å²) in [5, 5.41) is 6.79. The normalized spacial score (nSPS) is 30.2. The maximum atomic E-state index is 12.0. The number of hydrogen-bond acceptors (Lipinski definition) is 2. The van der Waals surface area contributed by atoms with Crippen molar-refractivity contribution in [2.45, 2.75) is 71.0 Å². The lowest BCUT2D eigenvalue weighted by atomic mass is 9.86. The van der Waals surface area contributed by atoms with E-state index in [1.807, 2.05) is 0 Å². The van der Waals surface area contributed by atoms with Crippen molar-refractivity contribution in [3.8, 4) is 0 Å². The molecule has 2 rings (SSSR count). The maximum Gasteiger partial charge on any atom is 0.239 e. The molecule has 1 aliphatic carbocycles. The summed E-state index contributed by atoms with van der Waals surface area (Å²) < 4.78 is 0. The molecule has 1 aliphatic heterocycles. The van der Waals surface area contributed by atoms with E-state index in [1.54, 1.807) is 0 Å². The Morgan fingerprint density at radius 1 is 1.12 bits per heavy atom. The summed E-state index contributed by atoms with van der Waals surface area (Å²) in [6.45, 7) is 6.37. The molecule has 1 saturated carbocycles. The van der Waals surface area contributed by atoms with Gasteiger partial charge in [-0.15, -0.1) is 0 Å². The van der Waals surface area contributed by atoms with Gasteiger partial charge in [-0.2, -0.15) is 0 Å². The average molecular weight is 224 g/mol. The predicted molar refractivity (Wildman–Crippen MR) is 65.0 cm³/mol. The van der Waals surface area contributed by atoms with Crippen molar-refractivity contribution >= 4 is 5.91 Å². The van der Waals surface area contributed by atoms with Crippen molar-refractivity contribution in [2.75, 3.05) is 0 Å². The molecule has 2 aliphatic rings. The van der Waals surface area contributed by atoms with Gasteiger partial charge in [0.1, 0.15) is 0 Å². The fourth-order valence-corrected chi connectivity index (χ4v) is 2.90. The molecule has 16 heavy (non-hydrogen) atoms. The molecule has 92 valence electrons. The number of hydrogen-bond donors (Lipinski definition) is 2. The molecule has 1 unspecified atom stereocenters. The van der Waals surface area contributed by atoms with E-state index in [0.717, 1.165) is 12.8 Å². The molecule has 3 nitrogen and oxygen atoms in total. The molecule has 0 bridgehead atoms. The van der Waals surface area contributed by atoms with Crippen molar-refractivity contribution in [1.29, 1.82) is 0 Å². The lowest BCUT2D eigenvalue weighted by Gasteiger charge is -2.31. The van der Waals surface area contributed by atoms with E-state index >= 15 is 0 Å². The highest BCUT2D eigenvalue weighted by Gasteiger charge is 2.47. The summed E-state index contributed by atoms with van der Waals surface area (Å²) in [6, 6.07) is -0.0365. The number of amides is 1. The van der Waals surface area contributed by atoms with Crippen LogP contribution in [0.25, 0.3) is 0 Å². The van der Waals surface area contributed by atoms with Gasteiger partial charge in [0.15, 0.2) is 0 Å². The molecule has 0 aromatic carbocycles. The van der Waals surface area contributed by atoms with Crippen molar-refractivity contribution in [2.24, 2.45) is 5.41 Å². The lowest BCUT2D eigenvalue weighted by Crippen LogP contribution is -2.51. The third-order valence-electron chi connectivity index (χ3n) is 3.87. The van der Waals surface area contributed by atoms with E-state index in [-0.39, 0.29) is 23.0 Å². The van der Waals surface area contributed by atoms with Gasteiger partial charge < -0.3 is 5.32 Å². The van der Waals surface area contributed by atoms with Gasteiger partial charge in [0, 0.05) is 0 Å². The summed E-state index contributed by atoms with van der Waals surface area (Å²) in [4.78, 5) is 12.0. The molecule has 0 aromatic rings. The van der Waals surface area contributed by atoms with Crippen LogP contribution < -0.4 is 10.6 Å². The molecular weight excluding hydrogens is 200 g/mol. The highest BCUT2D eigenvalue weighted by Crippen LogP contribution is 2.32. The van der Waals surface area contributed by atoms with E-state index in [0.29, 0.717) is 0 Å². The van der Waals surface area contributed by atoms with Gasteiger partial charge >= 0.3 is 0 Å². The molecule has 1 saturated heterocycles. The van der Waals surface area contributed by atoms with Crippen LogP contribution in [0.1, 0.15) is 59.3 Å². The topological polar surface area (TPSA) is 41.1 Å². The van der Waals surface area contributed by atoms with Crippen molar-refractivity contribution in [3.63, 3.8) is 0 Å². The van der Waals surface area contributed by atoms with Crippen LogP contribution in [-0.4, -0.2) is 17.6 Å². The van der Waals surface area contributed by atoms with Crippen molar-refractivity contribution in [1.82, 2.24) is 10.6 Å². The van der Waals surface area contributed by atoms with Gasteiger partial charge in [0.25, 0.3) is 0 Å². The Kier molecular flexibility index (Phi) is 2.99. The first-order chi connectivity index (χ1) is 7.43. The van der Waals surface area contributed by atoms with Crippen LogP contribution in [0.5, 0.6) is 0 Å². The fourth-order valence-electron chi connectivity index (χ4n) is 2.90. The Labute approximate surface area is 98.4 Å². The zero-order valence-corrected chi connectivity index (χ0v) is 10.7. The average Bonchev–Trinajstić information content (AvgIpc) is 2.36. The Balaban J connectivity index is 2.12. The van der Waals surface area contributed by atoms with Crippen LogP contribution >= 0.6 is 0 Å². The Hall–Kier alpha value is -0.570. The smallest absolute Gasteiger partial charge is 0.239 e. The number of carbonyl (C=O) groups excluding carboxylic acids is 1. The minimum absolute atomic E-state index is 0.000111. The van der Waals surface area contributed by atoms with Gasteiger partial charge in [-0.25, -0.2) is 0 Å².